The molecule has 0 aromatic heterocycles. The fourth-order valence-electron chi connectivity index (χ4n) is 3.08. The van der Waals surface area contributed by atoms with Gasteiger partial charge in [-0.3, -0.25) is 4.79 Å². The summed E-state index contributed by atoms with van der Waals surface area (Å²) < 4.78 is 10.6. The molecule has 1 aliphatic carbocycles. The Kier molecular flexibility index (Phi) is 4.69. The van der Waals surface area contributed by atoms with Gasteiger partial charge < -0.3 is 19.6 Å². The van der Waals surface area contributed by atoms with Crippen LogP contribution in [0.4, 0.5) is 0 Å². The molecule has 6 nitrogen and oxygen atoms in total. The molecule has 2 aliphatic rings. The van der Waals surface area contributed by atoms with Gasteiger partial charge in [-0.2, -0.15) is 0 Å². The maximum absolute atomic E-state index is 12.3. The lowest BCUT2D eigenvalue weighted by atomic mass is 10.0. The van der Waals surface area contributed by atoms with Crippen molar-refractivity contribution in [3.05, 3.63) is 23.8 Å². The molecular formula is C17H22N2O4. The average Bonchev–Trinajstić information content (AvgIpc) is 3.25. The van der Waals surface area contributed by atoms with Crippen molar-refractivity contribution in [1.29, 1.82) is 0 Å². The van der Waals surface area contributed by atoms with Crippen LogP contribution >= 0.6 is 0 Å². The molecule has 6 heteroatoms. The fourth-order valence-corrected chi connectivity index (χ4v) is 3.08. The van der Waals surface area contributed by atoms with Crippen LogP contribution in [0.3, 0.4) is 0 Å². The van der Waals surface area contributed by atoms with Gasteiger partial charge in [0, 0.05) is 18.0 Å². The van der Waals surface area contributed by atoms with E-state index in [1.165, 1.54) is 12.8 Å². The van der Waals surface area contributed by atoms with Gasteiger partial charge in [0.15, 0.2) is 0 Å². The van der Waals surface area contributed by atoms with Crippen molar-refractivity contribution < 1.29 is 19.1 Å². The zero-order valence-electron chi connectivity index (χ0n) is 13.5. The highest BCUT2D eigenvalue weighted by Gasteiger charge is 2.32. The van der Waals surface area contributed by atoms with Crippen molar-refractivity contribution >= 4 is 11.6 Å². The first-order valence-electron chi connectivity index (χ1n) is 7.96. The lowest BCUT2D eigenvalue weighted by Gasteiger charge is -2.14. The third-order valence-corrected chi connectivity index (χ3v) is 4.38. The zero-order chi connectivity index (χ0) is 16.2. The summed E-state index contributed by atoms with van der Waals surface area (Å²) >= 11 is 0. The van der Waals surface area contributed by atoms with Crippen molar-refractivity contribution in [3.63, 3.8) is 0 Å². The average molecular weight is 318 g/mol. The monoisotopic (exact) mass is 318 g/mol. The Balaban J connectivity index is 1.68. The predicted octanol–water partition coefficient (Wildman–Crippen LogP) is 2.26. The Morgan fingerprint density at radius 1 is 1.26 bits per heavy atom. The lowest BCUT2D eigenvalue weighted by molar-refractivity contribution is -0.131. The van der Waals surface area contributed by atoms with E-state index in [9.17, 15) is 4.79 Å². The summed E-state index contributed by atoms with van der Waals surface area (Å²) in [5.74, 6) is 1.31. The number of rotatable bonds is 5. The minimum Gasteiger partial charge on any atom is -0.497 e. The number of hydrogen-bond donors (Lipinski definition) is 1. The van der Waals surface area contributed by atoms with Crippen LogP contribution in [-0.4, -0.2) is 38.0 Å². The molecule has 0 saturated heterocycles. The number of ether oxygens (including phenoxy) is 2. The normalized spacial score (nSPS) is 20.8. The molecule has 1 saturated carbocycles. The molecule has 1 aromatic carbocycles. The number of carbonyl (C=O) groups excluding carboxylic acids is 1. The molecule has 1 N–H and O–H groups in total. The highest BCUT2D eigenvalue weighted by molar-refractivity contribution is 6.06. The largest absolute Gasteiger partial charge is 0.497 e. The third-order valence-electron chi connectivity index (χ3n) is 4.38. The first-order chi connectivity index (χ1) is 11.2. The number of amides is 1. The van der Waals surface area contributed by atoms with E-state index < -0.39 is 6.10 Å². The van der Waals surface area contributed by atoms with E-state index in [1.54, 1.807) is 14.2 Å². The van der Waals surface area contributed by atoms with Crippen LogP contribution in [-0.2, 0) is 9.63 Å². The summed E-state index contributed by atoms with van der Waals surface area (Å²) in [5.41, 5.74) is 1.50. The van der Waals surface area contributed by atoms with Crippen LogP contribution in [0, 0.1) is 0 Å². The molecule has 3 rings (SSSR count). The molecule has 1 amide bonds. The highest BCUT2D eigenvalue weighted by Crippen LogP contribution is 2.29. The summed E-state index contributed by atoms with van der Waals surface area (Å²) in [5, 5.41) is 7.14. The van der Waals surface area contributed by atoms with E-state index in [0.717, 1.165) is 18.4 Å². The summed E-state index contributed by atoms with van der Waals surface area (Å²) in [7, 11) is 3.21. The van der Waals surface area contributed by atoms with Gasteiger partial charge in [0.05, 0.1) is 19.9 Å². The summed E-state index contributed by atoms with van der Waals surface area (Å²) in [6.07, 6.45) is 4.33. The number of oxime groups is 1. The van der Waals surface area contributed by atoms with Crippen molar-refractivity contribution in [2.24, 2.45) is 5.16 Å². The maximum atomic E-state index is 12.3. The molecule has 1 aliphatic heterocycles. The van der Waals surface area contributed by atoms with Crippen LogP contribution in [0.1, 0.15) is 37.7 Å². The van der Waals surface area contributed by atoms with Gasteiger partial charge in [-0.1, -0.05) is 18.0 Å². The van der Waals surface area contributed by atoms with Crippen molar-refractivity contribution in [1.82, 2.24) is 5.32 Å². The van der Waals surface area contributed by atoms with Gasteiger partial charge in [-0.25, -0.2) is 0 Å². The Hall–Kier alpha value is -2.24. The van der Waals surface area contributed by atoms with E-state index >= 15 is 0 Å². The number of nitrogens with zero attached hydrogens (tertiary/aromatic N) is 1. The van der Waals surface area contributed by atoms with E-state index in [0.29, 0.717) is 23.6 Å². The molecule has 0 spiro atoms. The molecule has 1 atom stereocenters. The number of nitrogens with one attached hydrogen (secondary N) is 1. The van der Waals surface area contributed by atoms with Gasteiger partial charge >= 0.3 is 0 Å². The van der Waals surface area contributed by atoms with Crippen molar-refractivity contribution in [2.75, 3.05) is 14.2 Å². The molecule has 0 bridgehead atoms. The molecule has 0 unspecified atom stereocenters. The Morgan fingerprint density at radius 2 is 2.04 bits per heavy atom. The Morgan fingerprint density at radius 3 is 2.74 bits per heavy atom. The summed E-state index contributed by atoms with van der Waals surface area (Å²) in [4.78, 5) is 17.6. The maximum Gasteiger partial charge on any atom is 0.264 e. The van der Waals surface area contributed by atoms with Gasteiger partial charge in [0.1, 0.15) is 11.5 Å². The second-order valence-electron chi connectivity index (χ2n) is 5.89. The first-order valence-corrected chi connectivity index (χ1v) is 7.96. The standard InChI is InChI=1S/C17H22N2O4/c1-21-12-7-8-15(22-2)13(9-12)14-10-16(23-19-14)17(20)18-11-5-3-4-6-11/h7-9,11,16H,3-6,10H2,1-2H3,(H,18,20)/t16-/m1/s1. The minimum atomic E-state index is -0.568. The smallest absolute Gasteiger partial charge is 0.264 e. The minimum absolute atomic E-state index is 0.0856. The zero-order valence-corrected chi connectivity index (χ0v) is 13.5. The molecule has 0 radical (unpaired) electrons. The van der Waals surface area contributed by atoms with Crippen molar-refractivity contribution in [3.8, 4) is 11.5 Å². The van der Waals surface area contributed by atoms with Crippen LogP contribution in [0.2, 0.25) is 0 Å². The van der Waals surface area contributed by atoms with E-state index in [2.05, 4.69) is 10.5 Å². The van der Waals surface area contributed by atoms with Gasteiger partial charge in [-0.15, -0.1) is 0 Å². The summed E-state index contributed by atoms with van der Waals surface area (Å²) in [6, 6.07) is 5.77. The fraction of sp³-hybridized carbons (Fsp3) is 0.529. The molecular weight excluding hydrogens is 296 g/mol. The van der Waals surface area contributed by atoms with Crippen LogP contribution in [0.5, 0.6) is 11.5 Å². The highest BCUT2D eigenvalue weighted by atomic mass is 16.6. The van der Waals surface area contributed by atoms with Crippen LogP contribution in [0.15, 0.2) is 23.4 Å². The lowest BCUT2D eigenvalue weighted by Crippen LogP contribution is -2.40. The predicted molar refractivity (Wildman–Crippen MR) is 86.0 cm³/mol. The SMILES string of the molecule is COc1ccc(OC)c(C2=NO[C@@H](C(=O)NC3CCCC3)C2)c1. The van der Waals surface area contributed by atoms with E-state index in [1.807, 2.05) is 18.2 Å². The quantitative estimate of drug-likeness (QED) is 0.904. The third kappa shape index (κ3) is 3.41. The number of benzene rings is 1. The molecule has 1 aromatic rings. The van der Waals surface area contributed by atoms with Gasteiger partial charge in [0.2, 0.25) is 6.10 Å². The van der Waals surface area contributed by atoms with Gasteiger partial charge in [0.25, 0.3) is 5.91 Å². The Labute approximate surface area is 135 Å². The Bertz CT molecular complexity index is 609. The summed E-state index contributed by atoms with van der Waals surface area (Å²) in [6.45, 7) is 0. The number of carbonyl (C=O) groups is 1. The number of hydrogen-bond acceptors (Lipinski definition) is 5. The molecule has 124 valence electrons. The molecule has 1 fully saturated rings. The van der Waals surface area contributed by atoms with Gasteiger partial charge in [-0.05, 0) is 31.0 Å². The van der Waals surface area contributed by atoms with E-state index in [4.69, 9.17) is 14.3 Å². The molecule has 1 heterocycles. The second kappa shape index (κ2) is 6.89. The van der Waals surface area contributed by atoms with Crippen LogP contribution in [0.25, 0.3) is 0 Å². The van der Waals surface area contributed by atoms with Crippen LogP contribution < -0.4 is 14.8 Å². The topological polar surface area (TPSA) is 69.1 Å². The second-order valence-corrected chi connectivity index (χ2v) is 5.89. The number of methoxy groups -OCH3 is 2. The first kappa shape index (κ1) is 15.6. The van der Waals surface area contributed by atoms with Crippen molar-refractivity contribution in [2.45, 2.75) is 44.2 Å². The molecule has 23 heavy (non-hydrogen) atoms. The van der Waals surface area contributed by atoms with E-state index in [-0.39, 0.29) is 11.9 Å².